The molecule has 156 valence electrons. The molecular weight excluding hydrogens is 404 g/mol. The van der Waals surface area contributed by atoms with E-state index < -0.39 is 6.10 Å². The molecule has 2 atom stereocenters. The summed E-state index contributed by atoms with van der Waals surface area (Å²) in [6, 6.07) is 15.2. The molecule has 2 aromatic heterocycles. The minimum Gasteiger partial charge on any atom is -0.467 e. The van der Waals surface area contributed by atoms with E-state index in [-0.39, 0.29) is 31.6 Å². The van der Waals surface area contributed by atoms with E-state index in [4.69, 9.17) is 20.8 Å². The van der Waals surface area contributed by atoms with Crippen molar-refractivity contribution >= 4 is 39.3 Å². The molecule has 0 bridgehead atoms. The molecule has 0 aliphatic carbocycles. The molecule has 4 rings (SSSR count). The third-order valence-electron chi connectivity index (χ3n) is 5.12. The van der Waals surface area contributed by atoms with Gasteiger partial charge < -0.3 is 24.6 Å². The van der Waals surface area contributed by atoms with Crippen molar-refractivity contribution in [1.29, 1.82) is 0 Å². The average molecular weight is 427 g/mol. The van der Waals surface area contributed by atoms with Crippen LogP contribution in [0, 0.1) is 0 Å². The highest BCUT2D eigenvalue weighted by Gasteiger charge is 2.17. The molecule has 0 aliphatic heterocycles. The smallest absolute Gasteiger partial charge is 0.227 e. The maximum atomic E-state index is 12.6. The summed E-state index contributed by atoms with van der Waals surface area (Å²) in [7, 11) is 0. The Morgan fingerprint density at radius 2 is 2.07 bits per heavy atom. The number of carbonyl (C=O) groups excluding carboxylic acids is 1. The summed E-state index contributed by atoms with van der Waals surface area (Å²) in [6.45, 7) is 2.35. The molecule has 0 unspecified atom stereocenters. The lowest BCUT2D eigenvalue weighted by molar-refractivity contribution is -0.122. The number of benzene rings is 2. The van der Waals surface area contributed by atoms with Gasteiger partial charge in [-0.2, -0.15) is 0 Å². The molecule has 1 amide bonds. The number of aliphatic hydroxyl groups excluding tert-OH is 1. The Balaban J connectivity index is 1.35. The Morgan fingerprint density at radius 3 is 2.87 bits per heavy atom. The zero-order chi connectivity index (χ0) is 21.1. The summed E-state index contributed by atoms with van der Waals surface area (Å²) in [6.07, 6.45) is 0.774. The maximum Gasteiger partial charge on any atom is 0.227 e. The number of hydrogen-bond donors (Lipinski definition) is 3. The maximum absolute atomic E-state index is 12.6. The van der Waals surface area contributed by atoms with Crippen molar-refractivity contribution in [2.24, 2.45) is 0 Å². The van der Waals surface area contributed by atoms with Crippen LogP contribution >= 0.6 is 11.6 Å². The molecule has 30 heavy (non-hydrogen) atoms. The number of rotatable bonds is 8. The first-order chi connectivity index (χ1) is 14.5. The monoisotopic (exact) mass is 426 g/mol. The van der Waals surface area contributed by atoms with Crippen LogP contribution in [-0.4, -0.2) is 35.3 Å². The zero-order valence-electron chi connectivity index (χ0n) is 16.5. The van der Waals surface area contributed by atoms with Crippen LogP contribution in [0.4, 0.5) is 0 Å². The molecular formula is C23H23ClN2O4. The van der Waals surface area contributed by atoms with Gasteiger partial charge in [-0.1, -0.05) is 23.7 Å². The number of aliphatic hydroxyl groups is 1. The predicted molar refractivity (Wildman–Crippen MR) is 117 cm³/mol. The van der Waals surface area contributed by atoms with Gasteiger partial charge in [0.2, 0.25) is 5.91 Å². The van der Waals surface area contributed by atoms with Gasteiger partial charge in [0.25, 0.3) is 0 Å². The topological polar surface area (TPSA) is 87.5 Å². The number of halogens is 1. The van der Waals surface area contributed by atoms with Gasteiger partial charge >= 0.3 is 0 Å². The molecule has 0 aliphatic rings. The summed E-state index contributed by atoms with van der Waals surface area (Å²) >= 11 is 6.12. The van der Waals surface area contributed by atoms with E-state index in [1.54, 1.807) is 18.4 Å². The van der Waals surface area contributed by atoms with Gasteiger partial charge in [-0.3, -0.25) is 4.79 Å². The SMILES string of the molecule is C[C@H](C(=O)NC[C@H](O)COCc1ccco1)c1ccc2c(c1)[nH]c1ccc(Cl)cc12. The number of ether oxygens (including phenoxy) is 1. The van der Waals surface area contributed by atoms with Gasteiger partial charge in [0.15, 0.2) is 0 Å². The van der Waals surface area contributed by atoms with Gasteiger partial charge in [-0.05, 0) is 48.9 Å². The summed E-state index contributed by atoms with van der Waals surface area (Å²) in [5.74, 6) is 0.175. The van der Waals surface area contributed by atoms with E-state index >= 15 is 0 Å². The number of aromatic nitrogens is 1. The van der Waals surface area contributed by atoms with Crippen LogP contribution < -0.4 is 5.32 Å². The van der Waals surface area contributed by atoms with Crippen molar-refractivity contribution in [2.75, 3.05) is 13.2 Å². The molecule has 6 nitrogen and oxygen atoms in total. The van der Waals surface area contributed by atoms with E-state index in [1.165, 1.54) is 0 Å². The molecule has 7 heteroatoms. The molecule has 0 saturated heterocycles. The normalized spacial score (nSPS) is 13.6. The highest BCUT2D eigenvalue weighted by molar-refractivity contribution is 6.31. The fourth-order valence-electron chi connectivity index (χ4n) is 3.43. The third kappa shape index (κ3) is 4.51. The van der Waals surface area contributed by atoms with Crippen LogP contribution in [-0.2, 0) is 16.1 Å². The van der Waals surface area contributed by atoms with E-state index in [0.29, 0.717) is 10.8 Å². The summed E-state index contributed by atoms with van der Waals surface area (Å²) in [5.41, 5.74) is 2.85. The summed E-state index contributed by atoms with van der Waals surface area (Å²) in [4.78, 5) is 15.9. The average Bonchev–Trinajstić information content (AvgIpc) is 3.38. The summed E-state index contributed by atoms with van der Waals surface area (Å²) < 4.78 is 10.6. The van der Waals surface area contributed by atoms with Crippen molar-refractivity contribution in [3.8, 4) is 0 Å². The number of carbonyl (C=O) groups is 1. The van der Waals surface area contributed by atoms with Crippen LogP contribution in [0.5, 0.6) is 0 Å². The predicted octanol–water partition coefficient (Wildman–Crippen LogP) is 4.36. The lowest BCUT2D eigenvalue weighted by atomic mass is 9.98. The first kappa shape index (κ1) is 20.5. The van der Waals surface area contributed by atoms with Crippen molar-refractivity contribution in [2.45, 2.75) is 25.6 Å². The molecule has 3 N–H and O–H groups in total. The van der Waals surface area contributed by atoms with Crippen LogP contribution in [0.25, 0.3) is 21.8 Å². The van der Waals surface area contributed by atoms with Crippen LogP contribution in [0.3, 0.4) is 0 Å². The Morgan fingerprint density at radius 1 is 1.20 bits per heavy atom. The standard InChI is InChI=1S/C23H23ClN2O4/c1-14(23(28)25-11-17(27)12-29-13-18-3-2-8-30-18)15-4-6-19-20-10-16(24)5-7-21(20)26-22(19)9-15/h2-10,14,17,26-27H,11-13H2,1H3,(H,25,28)/t14-,17-/m0/s1. The van der Waals surface area contributed by atoms with Crippen molar-refractivity contribution in [3.05, 3.63) is 71.1 Å². The number of H-pyrrole nitrogens is 1. The molecule has 2 aromatic carbocycles. The second kappa shape index (κ2) is 8.92. The first-order valence-electron chi connectivity index (χ1n) is 9.78. The highest BCUT2D eigenvalue weighted by Crippen LogP contribution is 2.30. The number of furan rings is 1. The number of fused-ring (bicyclic) bond motifs is 3. The Labute approximate surface area is 178 Å². The van der Waals surface area contributed by atoms with Crippen molar-refractivity contribution in [1.82, 2.24) is 10.3 Å². The Bertz CT molecular complexity index is 1150. The van der Waals surface area contributed by atoms with E-state index in [2.05, 4.69) is 10.3 Å². The van der Waals surface area contributed by atoms with E-state index in [0.717, 1.165) is 27.4 Å². The largest absolute Gasteiger partial charge is 0.467 e. The fraction of sp³-hybridized carbons (Fsp3) is 0.261. The highest BCUT2D eigenvalue weighted by atomic mass is 35.5. The van der Waals surface area contributed by atoms with E-state index in [1.807, 2.05) is 43.3 Å². The van der Waals surface area contributed by atoms with Gasteiger partial charge in [-0.25, -0.2) is 0 Å². The molecule has 0 radical (unpaired) electrons. The second-order valence-corrected chi connectivity index (χ2v) is 7.77. The quantitative estimate of drug-likeness (QED) is 0.390. The van der Waals surface area contributed by atoms with Crippen molar-refractivity contribution < 1.29 is 19.1 Å². The number of aromatic amines is 1. The van der Waals surface area contributed by atoms with Gasteiger partial charge in [0.05, 0.1) is 24.9 Å². The molecule has 0 saturated carbocycles. The van der Waals surface area contributed by atoms with Gasteiger partial charge in [0.1, 0.15) is 12.4 Å². The molecule has 0 fully saturated rings. The fourth-order valence-corrected chi connectivity index (χ4v) is 3.61. The Kier molecular flexibility index (Phi) is 6.08. The van der Waals surface area contributed by atoms with Crippen LogP contribution in [0.15, 0.2) is 59.2 Å². The number of hydrogen-bond acceptors (Lipinski definition) is 4. The zero-order valence-corrected chi connectivity index (χ0v) is 17.3. The molecule has 4 aromatic rings. The van der Waals surface area contributed by atoms with Crippen molar-refractivity contribution in [3.63, 3.8) is 0 Å². The lowest BCUT2D eigenvalue weighted by Gasteiger charge is -2.16. The first-order valence-corrected chi connectivity index (χ1v) is 10.2. The van der Waals surface area contributed by atoms with Crippen LogP contribution in [0.1, 0.15) is 24.2 Å². The third-order valence-corrected chi connectivity index (χ3v) is 5.36. The minimum atomic E-state index is -0.794. The minimum absolute atomic E-state index is 0.110. The second-order valence-electron chi connectivity index (χ2n) is 7.34. The molecule has 2 heterocycles. The number of amides is 1. The van der Waals surface area contributed by atoms with Gasteiger partial charge in [0, 0.05) is 33.4 Å². The molecule has 0 spiro atoms. The van der Waals surface area contributed by atoms with Crippen LogP contribution in [0.2, 0.25) is 5.02 Å². The number of nitrogens with one attached hydrogen (secondary N) is 2. The van der Waals surface area contributed by atoms with E-state index in [9.17, 15) is 9.90 Å². The lowest BCUT2D eigenvalue weighted by Crippen LogP contribution is -2.36. The Hall–Kier alpha value is -2.80. The summed E-state index contributed by atoms with van der Waals surface area (Å²) in [5, 5.41) is 15.6. The van der Waals surface area contributed by atoms with Gasteiger partial charge in [-0.15, -0.1) is 0 Å².